The molecule has 7 heteroatoms. The fraction of sp³-hybridized carbons (Fsp3) is 0.455. The minimum atomic E-state index is -0.480. The Morgan fingerprint density at radius 2 is 2.14 bits per heavy atom. The van der Waals surface area contributed by atoms with Gasteiger partial charge in [0.2, 0.25) is 0 Å². The summed E-state index contributed by atoms with van der Waals surface area (Å²) in [5.74, 6) is -0.569. The van der Waals surface area contributed by atoms with Gasteiger partial charge in [0.15, 0.2) is 5.65 Å². The Morgan fingerprint density at radius 3 is 2.86 bits per heavy atom. The Hall–Kier alpha value is -2.51. The second-order valence-corrected chi connectivity index (χ2v) is 8.26. The Morgan fingerprint density at radius 1 is 1.28 bits per heavy atom. The first kappa shape index (κ1) is 18.5. The van der Waals surface area contributed by atoms with Crippen LogP contribution in [0.2, 0.25) is 0 Å². The van der Waals surface area contributed by atoms with Gasteiger partial charge in [-0.1, -0.05) is 6.92 Å². The smallest absolute Gasteiger partial charge is 0.182 e. The van der Waals surface area contributed by atoms with Crippen LogP contribution in [0.15, 0.2) is 24.3 Å². The molecule has 2 aromatic heterocycles. The topological polar surface area (TPSA) is 77.1 Å². The van der Waals surface area contributed by atoms with Crippen molar-refractivity contribution >= 4 is 11.0 Å². The van der Waals surface area contributed by atoms with Crippen molar-refractivity contribution in [3.05, 3.63) is 41.3 Å². The van der Waals surface area contributed by atoms with Crippen molar-refractivity contribution in [2.75, 3.05) is 19.6 Å². The van der Waals surface area contributed by atoms with Crippen LogP contribution in [-0.4, -0.2) is 50.4 Å². The minimum absolute atomic E-state index is 0.0895. The first-order valence-electron chi connectivity index (χ1n) is 10.4. The third-order valence-electron chi connectivity index (χ3n) is 6.59. The summed E-state index contributed by atoms with van der Waals surface area (Å²) in [5, 5.41) is 21.7. The molecule has 3 N–H and O–H groups in total. The minimum Gasteiger partial charge on any atom is -0.508 e. The molecule has 5 rings (SSSR count). The first-order chi connectivity index (χ1) is 14.1. The predicted molar refractivity (Wildman–Crippen MR) is 110 cm³/mol. The number of phenolic OH excluding ortho intramolecular Hbond substituents is 1. The number of pyridine rings is 1. The fourth-order valence-corrected chi connectivity index (χ4v) is 4.81. The molecule has 6 nitrogen and oxygen atoms in total. The lowest BCUT2D eigenvalue weighted by Crippen LogP contribution is -2.64. The third-order valence-corrected chi connectivity index (χ3v) is 6.59. The second kappa shape index (κ2) is 7.07. The molecule has 1 saturated heterocycles. The van der Waals surface area contributed by atoms with Crippen molar-refractivity contribution in [1.29, 1.82) is 0 Å². The zero-order chi connectivity index (χ0) is 20.0. The molecule has 0 unspecified atom stereocenters. The highest BCUT2D eigenvalue weighted by Crippen LogP contribution is 2.40. The Kier molecular flexibility index (Phi) is 4.52. The van der Waals surface area contributed by atoms with E-state index in [9.17, 15) is 9.50 Å². The molecule has 1 aromatic carbocycles. The SMILES string of the molecule is CCc1[nH]nc2nc(-c3ccc(O)cc3F)cc(CN3CCNCC34CCC4)c12. The number of H-pyrrole nitrogens is 1. The molecule has 2 fully saturated rings. The molecule has 3 heterocycles. The van der Waals surface area contributed by atoms with Gasteiger partial charge < -0.3 is 10.4 Å². The lowest BCUT2D eigenvalue weighted by molar-refractivity contribution is -0.0100. The zero-order valence-corrected chi connectivity index (χ0v) is 16.6. The van der Waals surface area contributed by atoms with E-state index >= 15 is 0 Å². The molecule has 1 aliphatic heterocycles. The van der Waals surface area contributed by atoms with Crippen LogP contribution < -0.4 is 5.32 Å². The molecule has 152 valence electrons. The number of benzene rings is 1. The number of halogens is 1. The lowest BCUT2D eigenvalue weighted by atomic mass is 9.74. The van der Waals surface area contributed by atoms with Crippen LogP contribution in [0.5, 0.6) is 5.75 Å². The highest BCUT2D eigenvalue weighted by atomic mass is 19.1. The molecule has 1 spiro atoms. The number of nitrogens with one attached hydrogen (secondary N) is 2. The van der Waals surface area contributed by atoms with Gasteiger partial charge in [0, 0.05) is 54.4 Å². The van der Waals surface area contributed by atoms with E-state index in [1.165, 1.54) is 25.3 Å². The highest BCUT2D eigenvalue weighted by molar-refractivity contribution is 5.85. The van der Waals surface area contributed by atoms with E-state index < -0.39 is 5.82 Å². The number of nitrogens with zero attached hydrogens (tertiary/aromatic N) is 3. The van der Waals surface area contributed by atoms with Crippen LogP contribution in [-0.2, 0) is 13.0 Å². The van der Waals surface area contributed by atoms with Crippen molar-refractivity contribution in [3.8, 4) is 17.0 Å². The van der Waals surface area contributed by atoms with Crippen molar-refractivity contribution in [2.24, 2.45) is 0 Å². The van der Waals surface area contributed by atoms with Crippen LogP contribution in [0.3, 0.4) is 0 Å². The van der Waals surface area contributed by atoms with Crippen molar-refractivity contribution in [2.45, 2.75) is 44.7 Å². The summed E-state index contributed by atoms with van der Waals surface area (Å²) >= 11 is 0. The Bertz CT molecular complexity index is 1060. The van der Waals surface area contributed by atoms with Gasteiger partial charge in [0.1, 0.15) is 11.6 Å². The number of aromatic hydroxyl groups is 1. The molecule has 0 radical (unpaired) electrons. The second-order valence-electron chi connectivity index (χ2n) is 8.26. The van der Waals surface area contributed by atoms with Crippen LogP contribution in [0.4, 0.5) is 4.39 Å². The molecule has 0 bridgehead atoms. The number of aryl methyl sites for hydroxylation is 1. The van der Waals surface area contributed by atoms with Crippen molar-refractivity contribution in [1.82, 2.24) is 25.4 Å². The highest BCUT2D eigenvalue weighted by Gasteiger charge is 2.43. The van der Waals surface area contributed by atoms with Crippen LogP contribution >= 0.6 is 0 Å². The maximum Gasteiger partial charge on any atom is 0.182 e. The number of aromatic nitrogens is 3. The number of rotatable bonds is 4. The molecule has 29 heavy (non-hydrogen) atoms. The molecule has 1 aliphatic carbocycles. The quantitative estimate of drug-likeness (QED) is 0.632. The maximum atomic E-state index is 14.5. The van der Waals surface area contributed by atoms with E-state index in [-0.39, 0.29) is 11.3 Å². The molecule has 1 saturated carbocycles. The predicted octanol–water partition coefficient (Wildman–Crippen LogP) is 3.36. The van der Waals surface area contributed by atoms with Gasteiger partial charge in [-0.15, -0.1) is 0 Å². The first-order valence-corrected chi connectivity index (χ1v) is 10.4. The summed E-state index contributed by atoms with van der Waals surface area (Å²) in [6.07, 6.45) is 4.56. The van der Waals surface area contributed by atoms with Gasteiger partial charge in [-0.25, -0.2) is 9.37 Å². The summed E-state index contributed by atoms with van der Waals surface area (Å²) in [5.41, 5.74) is 4.00. The zero-order valence-electron chi connectivity index (χ0n) is 16.6. The lowest BCUT2D eigenvalue weighted by Gasteiger charge is -2.53. The molecule has 3 aromatic rings. The van der Waals surface area contributed by atoms with Gasteiger partial charge >= 0.3 is 0 Å². The summed E-state index contributed by atoms with van der Waals surface area (Å²) in [7, 11) is 0. The molecule has 0 atom stereocenters. The van der Waals surface area contributed by atoms with Crippen LogP contribution in [0.25, 0.3) is 22.3 Å². The fourth-order valence-electron chi connectivity index (χ4n) is 4.81. The molecular weight excluding hydrogens is 369 g/mol. The number of phenols is 1. The third kappa shape index (κ3) is 3.09. The summed E-state index contributed by atoms with van der Waals surface area (Å²) in [6, 6.07) is 6.20. The number of hydrogen-bond acceptors (Lipinski definition) is 5. The number of hydrogen-bond donors (Lipinski definition) is 3. The molecular formula is C22H26FN5O. The van der Waals surface area contributed by atoms with Gasteiger partial charge in [-0.05, 0) is 49.4 Å². The van der Waals surface area contributed by atoms with Crippen molar-refractivity contribution < 1.29 is 9.50 Å². The number of piperazine rings is 1. The average molecular weight is 395 g/mol. The van der Waals surface area contributed by atoms with Gasteiger partial charge in [-0.3, -0.25) is 10.00 Å². The number of fused-ring (bicyclic) bond motifs is 1. The Balaban J connectivity index is 1.61. The monoisotopic (exact) mass is 395 g/mol. The van der Waals surface area contributed by atoms with Crippen LogP contribution in [0.1, 0.15) is 37.4 Å². The molecule has 2 aliphatic rings. The number of aromatic amines is 1. The normalized spacial score (nSPS) is 19.0. The van der Waals surface area contributed by atoms with E-state index in [2.05, 4.69) is 32.3 Å². The van der Waals surface area contributed by atoms with E-state index in [1.807, 2.05) is 6.07 Å². The Labute approximate surface area is 169 Å². The summed E-state index contributed by atoms with van der Waals surface area (Å²) in [4.78, 5) is 7.22. The van der Waals surface area contributed by atoms with Crippen LogP contribution in [0, 0.1) is 5.82 Å². The molecule has 0 amide bonds. The average Bonchev–Trinajstić information content (AvgIpc) is 3.10. The van der Waals surface area contributed by atoms with Gasteiger partial charge in [-0.2, -0.15) is 5.10 Å². The summed E-state index contributed by atoms with van der Waals surface area (Å²) in [6.45, 7) is 5.93. The van der Waals surface area contributed by atoms with Gasteiger partial charge in [0.05, 0.1) is 5.69 Å². The summed E-state index contributed by atoms with van der Waals surface area (Å²) < 4.78 is 14.5. The van der Waals surface area contributed by atoms with E-state index in [0.29, 0.717) is 16.9 Å². The largest absolute Gasteiger partial charge is 0.508 e. The standard InChI is InChI=1S/C22H26FN5O/c1-2-18-20-14(12-28-9-8-24-13-22(28)6-3-7-22)10-19(25-21(20)27-26-18)16-5-4-15(29)11-17(16)23/h4-5,10-11,24,29H,2-3,6-9,12-13H2,1H3,(H,25,26,27). The van der Waals surface area contributed by atoms with E-state index in [1.54, 1.807) is 6.07 Å². The van der Waals surface area contributed by atoms with E-state index in [4.69, 9.17) is 0 Å². The van der Waals surface area contributed by atoms with Gasteiger partial charge in [0.25, 0.3) is 0 Å². The maximum absolute atomic E-state index is 14.5. The van der Waals surface area contributed by atoms with Crippen molar-refractivity contribution in [3.63, 3.8) is 0 Å². The van der Waals surface area contributed by atoms with E-state index in [0.717, 1.165) is 55.3 Å².